The Morgan fingerprint density at radius 2 is 1.70 bits per heavy atom. The molecule has 4 aliphatic carbocycles. The molecule has 9 atom stereocenters. The largest absolute Gasteiger partial charge is 0.393 e. The van der Waals surface area contributed by atoms with E-state index in [0.717, 1.165) is 24.8 Å². The Kier molecular flexibility index (Phi) is 6.03. The molecule has 0 aromatic rings. The summed E-state index contributed by atoms with van der Waals surface area (Å²) in [6.07, 6.45) is 5.31. The summed E-state index contributed by atoms with van der Waals surface area (Å²) in [6, 6.07) is 0. The van der Waals surface area contributed by atoms with Crippen LogP contribution >= 0.6 is 0 Å². The van der Waals surface area contributed by atoms with Crippen LogP contribution in [0.3, 0.4) is 0 Å². The normalized spacial score (nSPS) is 47.3. The standard InChI is InChI=1S/C27H44O6/c1-16(21(29)9-10-23(2,3)31)18-8-13-26(32)20-14-22(30)27(33)15-17(28)6-11-25(27,5)19(20)7-12-24(18,26)4/h14,16-19,21,28-29,31-33H,6-13,15H2,1-5H3/t16-,17-,18+,19-,21+,24+,25+,26+,27+/m0/s1. The van der Waals surface area contributed by atoms with Crippen molar-refractivity contribution in [2.45, 2.75) is 121 Å². The van der Waals surface area contributed by atoms with Crippen molar-refractivity contribution in [3.05, 3.63) is 11.6 Å². The fourth-order valence-electron chi connectivity index (χ4n) is 8.24. The number of hydrogen-bond donors (Lipinski definition) is 5. The minimum absolute atomic E-state index is 0.0415. The highest BCUT2D eigenvalue weighted by Crippen LogP contribution is 2.68. The maximum Gasteiger partial charge on any atom is 0.187 e. The van der Waals surface area contributed by atoms with Crippen molar-refractivity contribution in [1.82, 2.24) is 0 Å². The molecule has 0 heterocycles. The zero-order valence-electron chi connectivity index (χ0n) is 21.0. The third kappa shape index (κ3) is 3.58. The van der Waals surface area contributed by atoms with E-state index in [-0.39, 0.29) is 30.0 Å². The molecule has 3 saturated carbocycles. The van der Waals surface area contributed by atoms with Gasteiger partial charge in [0.2, 0.25) is 0 Å². The van der Waals surface area contributed by atoms with E-state index in [1.807, 2.05) is 13.8 Å². The van der Waals surface area contributed by atoms with E-state index in [0.29, 0.717) is 32.1 Å². The second-order valence-corrected chi connectivity index (χ2v) is 12.9. The van der Waals surface area contributed by atoms with Crippen LogP contribution in [-0.2, 0) is 4.79 Å². The number of hydrogen-bond acceptors (Lipinski definition) is 6. The molecular weight excluding hydrogens is 420 g/mol. The fraction of sp³-hybridized carbons (Fsp3) is 0.889. The number of carbonyl (C=O) groups excluding carboxylic acids is 1. The summed E-state index contributed by atoms with van der Waals surface area (Å²) in [5, 5.41) is 54.9. The van der Waals surface area contributed by atoms with Crippen LogP contribution in [0.15, 0.2) is 11.6 Å². The van der Waals surface area contributed by atoms with Gasteiger partial charge in [0, 0.05) is 17.3 Å². The third-order valence-electron chi connectivity index (χ3n) is 10.6. The van der Waals surface area contributed by atoms with Gasteiger partial charge in [0.15, 0.2) is 5.78 Å². The van der Waals surface area contributed by atoms with Gasteiger partial charge in [-0.15, -0.1) is 0 Å². The van der Waals surface area contributed by atoms with Crippen LogP contribution < -0.4 is 0 Å². The van der Waals surface area contributed by atoms with E-state index in [2.05, 4.69) is 6.92 Å². The maximum absolute atomic E-state index is 13.3. The Bertz CT molecular complexity index is 831. The van der Waals surface area contributed by atoms with Crippen molar-refractivity contribution in [3.8, 4) is 0 Å². The van der Waals surface area contributed by atoms with Crippen LogP contribution in [0.4, 0.5) is 0 Å². The van der Waals surface area contributed by atoms with E-state index in [1.54, 1.807) is 13.8 Å². The lowest BCUT2D eigenvalue weighted by molar-refractivity contribution is -0.189. The molecule has 188 valence electrons. The number of carbonyl (C=O) groups is 1. The summed E-state index contributed by atoms with van der Waals surface area (Å²) < 4.78 is 0. The second-order valence-electron chi connectivity index (χ2n) is 12.9. The first-order valence-corrected chi connectivity index (χ1v) is 12.9. The molecule has 0 unspecified atom stereocenters. The van der Waals surface area contributed by atoms with Gasteiger partial charge in [0.1, 0.15) is 5.60 Å². The molecule has 6 nitrogen and oxygen atoms in total. The van der Waals surface area contributed by atoms with Crippen molar-refractivity contribution < 1.29 is 30.3 Å². The monoisotopic (exact) mass is 464 g/mol. The van der Waals surface area contributed by atoms with E-state index in [1.165, 1.54) is 6.08 Å². The Morgan fingerprint density at radius 1 is 1.06 bits per heavy atom. The molecule has 0 aromatic heterocycles. The quantitative estimate of drug-likeness (QED) is 0.427. The highest BCUT2D eigenvalue weighted by atomic mass is 16.3. The maximum atomic E-state index is 13.3. The summed E-state index contributed by atoms with van der Waals surface area (Å²) >= 11 is 0. The van der Waals surface area contributed by atoms with Gasteiger partial charge in [-0.2, -0.15) is 0 Å². The van der Waals surface area contributed by atoms with Crippen LogP contribution in [0.2, 0.25) is 0 Å². The first-order chi connectivity index (χ1) is 15.1. The first-order valence-electron chi connectivity index (χ1n) is 12.9. The average Bonchev–Trinajstić information content (AvgIpc) is 2.99. The van der Waals surface area contributed by atoms with Crippen molar-refractivity contribution in [3.63, 3.8) is 0 Å². The number of ketones is 1. The topological polar surface area (TPSA) is 118 Å². The Morgan fingerprint density at radius 3 is 2.33 bits per heavy atom. The number of fused-ring (bicyclic) bond motifs is 5. The predicted octanol–water partition coefficient (Wildman–Crippen LogP) is 2.88. The zero-order valence-corrected chi connectivity index (χ0v) is 21.0. The van der Waals surface area contributed by atoms with Gasteiger partial charge in [-0.25, -0.2) is 0 Å². The van der Waals surface area contributed by atoms with E-state index < -0.39 is 39.8 Å². The molecule has 0 spiro atoms. The summed E-state index contributed by atoms with van der Waals surface area (Å²) in [4.78, 5) is 13.3. The van der Waals surface area contributed by atoms with Gasteiger partial charge in [-0.05, 0) is 94.6 Å². The van der Waals surface area contributed by atoms with Gasteiger partial charge >= 0.3 is 0 Å². The summed E-state index contributed by atoms with van der Waals surface area (Å²) in [5.41, 5.74) is -3.94. The molecule has 4 rings (SSSR count). The number of aliphatic hydroxyl groups excluding tert-OH is 2. The Labute approximate surface area is 198 Å². The van der Waals surface area contributed by atoms with Gasteiger partial charge in [0.25, 0.3) is 0 Å². The van der Waals surface area contributed by atoms with E-state index in [4.69, 9.17) is 0 Å². The zero-order chi connectivity index (χ0) is 24.6. The van der Waals surface area contributed by atoms with Crippen molar-refractivity contribution in [1.29, 1.82) is 0 Å². The van der Waals surface area contributed by atoms with Crippen molar-refractivity contribution >= 4 is 5.78 Å². The highest BCUT2D eigenvalue weighted by Gasteiger charge is 2.69. The van der Waals surface area contributed by atoms with E-state index >= 15 is 0 Å². The molecule has 33 heavy (non-hydrogen) atoms. The molecule has 0 saturated heterocycles. The summed E-state index contributed by atoms with van der Waals surface area (Å²) in [7, 11) is 0. The lowest BCUT2D eigenvalue weighted by Gasteiger charge is -2.62. The fourth-order valence-corrected chi connectivity index (χ4v) is 8.24. The second kappa shape index (κ2) is 7.86. The van der Waals surface area contributed by atoms with Gasteiger partial charge in [0.05, 0.1) is 23.4 Å². The molecule has 0 aliphatic heterocycles. The molecule has 3 fully saturated rings. The van der Waals surface area contributed by atoms with Crippen molar-refractivity contribution in [2.24, 2.45) is 28.6 Å². The average molecular weight is 465 g/mol. The van der Waals surface area contributed by atoms with Crippen LogP contribution in [0.25, 0.3) is 0 Å². The van der Waals surface area contributed by atoms with Gasteiger partial charge in [-0.1, -0.05) is 20.8 Å². The molecular formula is C27H44O6. The molecule has 0 radical (unpaired) electrons. The van der Waals surface area contributed by atoms with Crippen LogP contribution in [-0.4, -0.2) is 60.3 Å². The van der Waals surface area contributed by atoms with Crippen LogP contribution in [0.1, 0.15) is 92.4 Å². The first kappa shape index (κ1) is 25.3. The minimum Gasteiger partial charge on any atom is -0.393 e. The highest BCUT2D eigenvalue weighted by molar-refractivity contribution is 6.00. The smallest absolute Gasteiger partial charge is 0.187 e. The predicted molar refractivity (Wildman–Crippen MR) is 125 cm³/mol. The van der Waals surface area contributed by atoms with E-state index in [9.17, 15) is 30.3 Å². The summed E-state index contributed by atoms with van der Waals surface area (Å²) in [6.45, 7) is 9.63. The van der Waals surface area contributed by atoms with Gasteiger partial charge < -0.3 is 25.5 Å². The molecule has 6 heteroatoms. The van der Waals surface area contributed by atoms with Crippen molar-refractivity contribution in [2.75, 3.05) is 0 Å². The molecule has 0 aromatic carbocycles. The van der Waals surface area contributed by atoms with Crippen LogP contribution in [0.5, 0.6) is 0 Å². The van der Waals surface area contributed by atoms with Gasteiger partial charge in [-0.3, -0.25) is 4.79 Å². The number of aliphatic hydroxyl groups is 5. The Hall–Kier alpha value is -0.790. The molecule has 5 N–H and O–H groups in total. The summed E-state index contributed by atoms with van der Waals surface area (Å²) in [5.74, 6) is -0.424. The Balaban J connectivity index is 1.65. The molecule has 0 bridgehead atoms. The third-order valence-corrected chi connectivity index (χ3v) is 10.6. The molecule has 0 amide bonds. The minimum atomic E-state index is -1.58. The number of rotatable bonds is 5. The molecule has 4 aliphatic rings. The lowest BCUT2D eigenvalue weighted by atomic mass is 9.44. The SMILES string of the molecule is C[C@H]([C@H](O)CCC(C)(C)O)[C@H]1CC[C@@]2(O)C3=CC(=O)[C@]4(O)C[C@@H](O)CC[C@]4(C)[C@H]3CC[C@]12C. The van der Waals surface area contributed by atoms with Crippen LogP contribution in [0, 0.1) is 28.6 Å². The lowest BCUT2D eigenvalue weighted by Crippen LogP contribution is -2.66.